The van der Waals surface area contributed by atoms with E-state index in [1.807, 2.05) is 42.5 Å². The molecule has 0 atom stereocenters. The highest BCUT2D eigenvalue weighted by molar-refractivity contribution is 7.85. The third-order valence-electron chi connectivity index (χ3n) is 5.35. The number of rotatable bonds is 20. The molecule has 1 rings (SSSR count). The summed E-state index contributed by atoms with van der Waals surface area (Å²) in [7, 11) is -3.28. The van der Waals surface area contributed by atoms with Crippen LogP contribution in [-0.2, 0) is 19.1 Å². The Hall–Kier alpha value is -1.46. The highest BCUT2D eigenvalue weighted by atomic mass is 32.2. The van der Waals surface area contributed by atoms with Gasteiger partial charge in [0.25, 0.3) is 10.1 Å². The van der Waals surface area contributed by atoms with E-state index in [2.05, 4.69) is 0 Å². The Labute approximate surface area is 190 Å². The van der Waals surface area contributed by atoms with Crippen molar-refractivity contribution in [3.63, 3.8) is 0 Å². The first kappa shape index (κ1) is 27.6. The van der Waals surface area contributed by atoms with Gasteiger partial charge in [0.2, 0.25) is 0 Å². The van der Waals surface area contributed by atoms with E-state index in [9.17, 15) is 13.2 Å². The maximum absolute atomic E-state index is 11.9. The molecule has 0 amide bonds. The van der Waals surface area contributed by atoms with Crippen molar-refractivity contribution in [2.75, 3.05) is 12.9 Å². The molecule has 5 heteroatoms. The van der Waals surface area contributed by atoms with Crippen LogP contribution in [0, 0.1) is 0 Å². The first-order valence-electron chi connectivity index (χ1n) is 12.0. The molecular formula is C26H42O4S. The fraction of sp³-hybridized carbons (Fsp3) is 0.654. The molecule has 1 aromatic rings. The predicted molar refractivity (Wildman–Crippen MR) is 131 cm³/mol. The summed E-state index contributed by atoms with van der Waals surface area (Å²) in [5.41, 5.74) is 1.15. The average Bonchev–Trinajstić information content (AvgIpc) is 2.73. The number of hydrogen-bond donors (Lipinski definition) is 0. The number of allylic oxidation sites excluding steroid dienone is 1. The minimum absolute atomic E-state index is 0.318. The molecule has 0 aliphatic carbocycles. The first-order chi connectivity index (χ1) is 15.0. The molecule has 0 heterocycles. The topological polar surface area (TPSA) is 60.4 Å². The van der Waals surface area contributed by atoms with Crippen LogP contribution in [0.4, 0.5) is 0 Å². The fourth-order valence-corrected chi connectivity index (χ4v) is 3.99. The first-order valence-corrected chi connectivity index (χ1v) is 13.9. The Kier molecular flexibility index (Phi) is 16.1. The van der Waals surface area contributed by atoms with E-state index in [4.69, 9.17) is 4.18 Å². The van der Waals surface area contributed by atoms with E-state index in [-0.39, 0.29) is 0 Å². The third kappa shape index (κ3) is 19.0. The Morgan fingerprint density at radius 3 is 1.77 bits per heavy atom. The summed E-state index contributed by atoms with van der Waals surface area (Å²) >= 11 is 0. The minimum Gasteiger partial charge on any atom is -0.299 e. The molecule has 31 heavy (non-hydrogen) atoms. The Morgan fingerprint density at radius 2 is 1.26 bits per heavy atom. The second-order valence-electron chi connectivity index (χ2n) is 8.43. The molecule has 0 bridgehead atoms. The molecule has 0 saturated heterocycles. The van der Waals surface area contributed by atoms with Crippen LogP contribution in [0.2, 0.25) is 0 Å². The highest BCUT2D eigenvalue weighted by Gasteiger charge is 2.01. The number of Topliss-reactive ketones (excluding diaryl/α,β-unsaturated/α-hetero) is 1. The van der Waals surface area contributed by atoms with Gasteiger partial charge in [0, 0.05) is 12.8 Å². The van der Waals surface area contributed by atoms with Gasteiger partial charge < -0.3 is 0 Å². The molecule has 0 fully saturated rings. The SMILES string of the molecule is CS(=O)(=O)OCCCCCCCCCCCCCCCC(=O)C/C=C/c1ccccc1. The lowest BCUT2D eigenvalue weighted by molar-refractivity contribution is -0.118. The van der Waals surface area contributed by atoms with Crippen LogP contribution < -0.4 is 0 Å². The molecule has 4 nitrogen and oxygen atoms in total. The summed E-state index contributed by atoms with van der Waals surface area (Å²) < 4.78 is 26.4. The van der Waals surface area contributed by atoms with Crippen LogP contribution in [0.25, 0.3) is 6.08 Å². The molecule has 0 spiro atoms. The van der Waals surface area contributed by atoms with Crippen LogP contribution in [-0.4, -0.2) is 27.1 Å². The second kappa shape index (κ2) is 18.1. The fourth-order valence-electron chi connectivity index (χ4n) is 3.57. The summed E-state index contributed by atoms with van der Waals surface area (Å²) in [4.78, 5) is 11.9. The van der Waals surface area contributed by atoms with Gasteiger partial charge in [-0.05, 0) is 18.4 Å². The molecule has 0 aliphatic heterocycles. The lowest BCUT2D eigenvalue weighted by Gasteiger charge is -2.04. The molecule has 0 saturated carbocycles. The van der Waals surface area contributed by atoms with Gasteiger partial charge in [0.1, 0.15) is 5.78 Å². The van der Waals surface area contributed by atoms with Gasteiger partial charge in [0.05, 0.1) is 12.9 Å². The zero-order valence-corrected chi connectivity index (χ0v) is 20.2. The van der Waals surface area contributed by atoms with Crippen molar-refractivity contribution >= 4 is 22.0 Å². The molecule has 0 radical (unpaired) electrons. The maximum Gasteiger partial charge on any atom is 0.264 e. The highest BCUT2D eigenvalue weighted by Crippen LogP contribution is 2.13. The quantitative estimate of drug-likeness (QED) is 0.157. The number of ketones is 1. The van der Waals surface area contributed by atoms with Gasteiger partial charge in [-0.2, -0.15) is 8.42 Å². The van der Waals surface area contributed by atoms with Crippen molar-refractivity contribution in [1.29, 1.82) is 0 Å². The van der Waals surface area contributed by atoms with E-state index in [0.717, 1.165) is 43.9 Å². The normalized spacial score (nSPS) is 11.9. The van der Waals surface area contributed by atoms with Crippen molar-refractivity contribution < 1.29 is 17.4 Å². The molecular weight excluding hydrogens is 408 g/mol. The average molecular weight is 451 g/mol. The number of hydrogen-bond acceptors (Lipinski definition) is 4. The van der Waals surface area contributed by atoms with E-state index >= 15 is 0 Å². The van der Waals surface area contributed by atoms with E-state index < -0.39 is 10.1 Å². The van der Waals surface area contributed by atoms with Crippen LogP contribution in [0.5, 0.6) is 0 Å². The zero-order valence-electron chi connectivity index (χ0n) is 19.4. The molecule has 0 unspecified atom stereocenters. The lowest BCUT2D eigenvalue weighted by Crippen LogP contribution is -2.03. The Bertz CT molecular complexity index is 695. The molecule has 0 aliphatic rings. The monoisotopic (exact) mass is 450 g/mol. The van der Waals surface area contributed by atoms with Crippen molar-refractivity contribution in [2.45, 2.75) is 96.3 Å². The van der Waals surface area contributed by atoms with Crippen LogP contribution in [0.15, 0.2) is 36.4 Å². The Morgan fingerprint density at radius 1 is 0.774 bits per heavy atom. The summed E-state index contributed by atoms with van der Waals surface area (Å²) in [6, 6.07) is 10.1. The number of carbonyl (C=O) groups excluding carboxylic acids is 1. The van der Waals surface area contributed by atoms with Crippen molar-refractivity contribution in [1.82, 2.24) is 0 Å². The summed E-state index contributed by atoms with van der Waals surface area (Å²) in [6.07, 6.45) is 21.8. The summed E-state index contributed by atoms with van der Waals surface area (Å²) in [6.45, 7) is 0.318. The standard InChI is InChI=1S/C26H42O4S/c1-31(28,29)30-24-17-12-10-8-6-4-2-3-5-7-9-11-16-22-26(27)23-18-21-25-19-14-13-15-20-25/h13-15,18-21H,2-12,16-17,22-24H2,1H3/b21-18+. The summed E-state index contributed by atoms with van der Waals surface area (Å²) in [5, 5.41) is 0. The maximum atomic E-state index is 11.9. The third-order valence-corrected chi connectivity index (χ3v) is 5.95. The Balaban J connectivity index is 1.79. The van der Waals surface area contributed by atoms with E-state index in [1.54, 1.807) is 0 Å². The zero-order chi connectivity index (χ0) is 22.6. The van der Waals surface area contributed by atoms with Crippen LogP contribution in [0.3, 0.4) is 0 Å². The lowest BCUT2D eigenvalue weighted by atomic mass is 10.0. The molecule has 0 N–H and O–H groups in total. The van der Waals surface area contributed by atoms with E-state index in [1.165, 1.54) is 51.4 Å². The van der Waals surface area contributed by atoms with Gasteiger partial charge in [-0.3, -0.25) is 8.98 Å². The second-order valence-corrected chi connectivity index (χ2v) is 10.1. The summed E-state index contributed by atoms with van der Waals surface area (Å²) in [5.74, 6) is 0.343. The van der Waals surface area contributed by atoms with Crippen LogP contribution in [0.1, 0.15) is 102 Å². The van der Waals surface area contributed by atoms with Gasteiger partial charge in [-0.25, -0.2) is 0 Å². The minimum atomic E-state index is -3.28. The predicted octanol–water partition coefficient (Wildman–Crippen LogP) is 7.10. The number of benzene rings is 1. The van der Waals surface area contributed by atoms with Crippen molar-refractivity contribution in [2.24, 2.45) is 0 Å². The molecule has 1 aromatic carbocycles. The number of unbranched alkanes of at least 4 members (excludes halogenated alkanes) is 12. The van der Waals surface area contributed by atoms with Gasteiger partial charge in [-0.15, -0.1) is 0 Å². The van der Waals surface area contributed by atoms with Gasteiger partial charge in [0.15, 0.2) is 0 Å². The number of carbonyl (C=O) groups is 1. The smallest absolute Gasteiger partial charge is 0.264 e. The van der Waals surface area contributed by atoms with Crippen LogP contribution >= 0.6 is 0 Å². The van der Waals surface area contributed by atoms with Gasteiger partial charge in [-0.1, -0.05) is 113 Å². The molecule has 0 aromatic heterocycles. The van der Waals surface area contributed by atoms with Crippen molar-refractivity contribution in [3.05, 3.63) is 42.0 Å². The molecule has 176 valence electrons. The largest absolute Gasteiger partial charge is 0.299 e. The van der Waals surface area contributed by atoms with Gasteiger partial charge >= 0.3 is 0 Å². The van der Waals surface area contributed by atoms with E-state index in [0.29, 0.717) is 25.2 Å². The van der Waals surface area contributed by atoms with Crippen molar-refractivity contribution in [3.8, 4) is 0 Å².